The lowest BCUT2D eigenvalue weighted by molar-refractivity contribution is -0.121. The molecule has 6 nitrogen and oxygen atoms in total. The van der Waals surface area contributed by atoms with E-state index in [0.717, 1.165) is 0 Å². The summed E-state index contributed by atoms with van der Waals surface area (Å²) < 4.78 is 5.11. The van der Waals surface area contributed by atoms with Gasteiger partial charge in [-0.05, 0) is 26.0 Å². The van der Waals surface area contributed by atoms with Crippen molar-refractivity contribution in [3.8, 4) is 5.75 Å². The molecule has 4 N–H and O–H groups in total. The monoisotopic (exact) mass is 279 g/mol. The number of methoxy groups -OCH3 is 1. The third kappa shape index (κ3) is 4.79. The number of carbonyl (C=O) groups is 2. The average molecular weight is 279 g/mol. The van der Waals surface area contributed by atoms with Gasteiger partial charge in [-0.3, -0.25) is 9.59 Å². The Bertz CT molecular complexity index is 487. The summed E-state index contributed by atoms with van der Waals surface area (Å²) >= 11 is 0. The molecular formula is C14H21N3O3. The molecule has 0 saturated heterocycles. The largest absolute Gasteiger partial charge is 0.496 e. The Hall–Kier alpha value is -2.24. The Kier molecular flexibility index (Phi) is 5.83. The fourth-order valence-corrected chi connectivity index (χ4v) is 1.67. The number of benzene rings is 1. The van der Waals surface area contributed by atoms with Crippen molar-refractivity contribution in [1.82, 2.24) is 10.6 Å². The van der Waals surface area contributed by atoms with E-state index in [1.807, 2.05) is 13.8 Å². The zero-order valence-electron chi connectivity index (χ0n) is 12.0. The van der Waals surface area contributed by atoms with Crippen molar-refractivity contribution in [2.24, 2.45) is 0 Å². The molecule has 0 saturated carbocycles. The zero-order chi connectivity index (χ0) is 15.1. The molecule has 0 aliphatic rings. The lowest BCUT2D eigenvalue weighted by Gasteiger charge is -2.11. The van der Waals surface area contributed by atoms with Gasteiger partial charge in [-0.1, -0.05) is 0 Å². The third-order valence-corrected chi connectivity index (χ3v) is 2.56. The quantitative estimate of drug-likeness (QED) is 0.675. The standard InChI is InChI=1S/C14H21N3O3/c1-9(2)17-13(18)6-7-16-14(19)11-5-4-10(15)8-12(11)20-3/h4-5,8-9H,6-7,15H2,1-3H3,(H,16,19)(H,17,18). The number of nitrogens with one attached hydrogen (secondary N) is 2. The van der Waals surface area contributed by atoms with Gasteiger partial charge in [0.1, 0.15) is 5.75 Å². The van der Waals surface area contributed by atoms with Crippen LogP contribution in [0, 0.1) is 0 Å². The number of hydrogen-bond acceptors (Lipinski definition) is 4. The highest BCUT2D eigenvalue weighted by Crippen LogP contribution is 2.21. The summed E-state index contributed by atoms with van der Waals surface area (Å²) in [5.41, 5.74) is 6.54. The summed E-state index contributed by atoms with van der Waals surface area (Å²) in [5.74, 6) is 0.0258. The van der Waals surface area contributed by atoms with Crippen LogP contribution in [-0.2, 0) is 4.79 Å². The SMILES string of the molecule is COc1cc(N)ccc1C(=O)NCCC(=O)NC(C)C. The minimum atomic E-state index is -0.292. The van der Waals surface area contributed by atoms with Crippen LogP contribution >= 0.6 is 0 Å². The molecule has 0 atom stereocenters. The first-order chi connectivity index (χ1) is 9.43. The van der Waals surface area contributed by atoms with E-state index in [2.05, 4.69) is 10.6 Å². The molecule has 0 aliphatic carbocycles. The maximum Gasteiger partial charge on any atom is 0.255 e. The summed E-state index contributed by atoms with van der Waals surface area (Å²) in [6.45, 7) is 4.04. The molecule has 0 heterocycles. The van der Waals surface area contributed by atoms with Gasteiger partial charge >= 0.3 is 0 Å². The molecule has 1 aromatic rings. The number of nitrogen functional groups attached to an aromatic ring is 1. The van der Waals surface area contributed by atoms with E-state index in [0.29, 0.717) is 17.0 Å². The first-order valence-corrected chi connectivity index (χ1v) is 6.45. The van der Waals surface area contributed by atoms with Gasteiger partial charge in [-0.25, -0.2) is 0 Å². The van der Waals surface area contributed by atoms with E-state index in [9.17, 15) is 9.59 Å². The maximum atomic E-state index is 12.0. The summed E-state index contributed by atoms with van der Waals surface area (Å²) in [6.07, 6.45) is 0.237. The van der Waals surface area contributed by atoms with Gasteiger partial charge in [-0.15, -0.1) is 0 Å². The average Bonchev–Trinajstić information content (AvgIpc) is 2.37. The molecule has 110 valence electrons. The Morgan fingerprint density at radius 2 is 2.05 bits per heavy atom. The minimum absolute atomic E-state index is 0.0930. The van der Waals surface area contributed by atoms with Crippen LogP contribution in [-0.4, -0.2) is 31.5 Å². The molecule has 2 amide bonds. The van der Waals surface area contributed by atoms with Gasteiger partial charge in [0.2, 0.25) is 5.91 Å². The van der Waals surface area contributed by atoms with Gasteiger partial charge in [0, 0.05) is 30.8 Å². The maximum absolute atomic E-state index is 12.0. The van der Waals surface area contributed by atoms with E-state index in [4.69, 9.17) is 10.5 Å². The normalized spacial score (nSPS) is 10.2. The number of carbonyl (C=O) groups excluding carboxylic acids is 2. The zero-order valence-corrected chi connectivity index (χ0v) is 12.0. The topological polar surface area (TPSA) is 93.4 Å². The molecule has 0 spiro atoms. The van der Waals surface area contributed by atoms with Crippen molar-refractivity contribution in [2.45, 2.75) is 26.3 Å². The molecule has 0 bridgehead atoms. The Morgan fingerprint density at radius 3 is 2.65 bits per heavy atom. The molecule has 0 radical (unpaired) electrons. The molecule has 0 unspecified atom stereocenters. The van der Waals surface area contributed by atoms with Crippen molar-refractivity contribution < 1.29 is 14.3 Å². The molecule has 0 fully saturated rings. The van der Waals surface area contributed by atoms with Crippen LogP contribution in [0.3, 0.4) is 0 Å². The number of anilines is 1. The molecule has 1 aromatic carbocycles. The fraction of sp³-hybridized carbons (Fsp3) is 0.429. The first kappa shape index (κ1) is 15.8. The second kappa shape index (κ2) is 7.37. The van der Waals surface area contributed by atoms with Gasteiger partial charge < -0.3 is 21.1 Å². The second-order valence-corrected chi connectivity index (χ2v) is 4.69. The van der Waals surface area contributed by atoms with Crippen molar-refractivity contribution in [3.05, 3.63) is 23.8 Å². The number of hydrogen-bond donors (Lipinski definition) is 3. The van der Waals surface area contributed by atoms with E-state index >= 15 is 0 Å². The smallest absolute Gasteiger partial charge is 0.255 e. The number of amides is 2. The lowest BCUT2D eigenvalue weighted by atomic mass is 10.1. The Labute approximate surface area is 118 Å². The van der Waals surface area contributed by atoms with Crippen LogP contribution in [0.4, 0.5) is 5.69 Å². The van der Waals surface area contributed by atoms with Gasteiger partial charge in [-0.2, -0.15) is 0 Å². The van der Waals surface area contributed by atoms with Crippen molar-refractivity contribution in [3.63, 3.8) is 0 Å². The molecule has 1 rings (SSSR count). The van der Waals surface area contributed by atoms with E-state index < -0.39 is 0 Å². The Balaban J connectivity index is 2.53. The Morgan fingerprint density at radius 1 is 1.35 bits per heavy atom. The van der Waals surface area contributed by atoms with Crippen LogP contribution < -0.4 is 21.1 Å². The minimum Gasteiger partial charge on any atom is -0.496 e. The molecular weight excluding hydrogens is 258 g/mol. The molecule has 20 heavy (non-hydrogen) atoms. The van der Waals surface area contributed by atoms with E-state index in [-0.39, 0.29) is 30.8 Å². The van der Waals surface area contributed by atoms with Crippen molar-refractivity contribution in [2.75, 3.05) is 19.4 Å². The van der Waals surface area contributed by atoms with E-state index in [1.54, 1.807) is 18.2 Å². The van der Waals surface area contributed by atoms with E-state index in [1.165, 1.54) is 7.11 Å². The van der Waals surface area contributed by atoms with Gasteiger partial charge in [0.15, 0.2) is 0 Å². The van der Waals surface area contributed by atoms with Crippen LogP contribution in [0.5, 0.6) is 5.75 Å². The summed E-state index contributed by atoms with van der Waals surface area (Å²) in [5, 5.41) is 5.43. The molecule has 6 heteroatoms. The van der Waals surface area contributed by atoms with Gasteiger partial charge in [0.05, 0.1) is 12.7 Å². The highest BCUT2D eigenvalue weighted by atomic mass is 16.5. The van der Waals surface area contributed by atoms with Crippen LogP contribution in [0.25, 0.3) is 0 Å². The third-order valence-electron chi connectivity index (χ3n) is 2.56. The van der Waals surface area contributed by atoms with Gasteiger partial charge in [0.25, 0.3) is 5.91 Å². The van der Waals surface area contributed by atoms with Crippen molar-refractivity contribution >= 4 is 17.5 Å². The van der Waals surface area contributed by atoms with Crippen LogP contribution in [0.1, 0.15) is 30.6 Å². The molecule has 0 aliphatic heterocycles. The summed E-state index contributed by atoms with van der Waals surface area (Å²) in [4.78, 5) is 23.4. The summed E-state index contributed by atoms with van der Waals surface area (Å²) in [7, 11) is 1.47. The van der Waals surface area contributed by atoms with Crippen LogP contribution in [0.15, 0.2) is 18.2 Å². The van der Waals surface area contributed by atoms with Crippen LogP contribution in [0.2, 0.25) is 0 Å². The summed E-state index contributed by atoms with van der Waals surface area (Å²) in [6, 6.07) is 4.90. The number of ether oxygens (including phenoxy) is 1. The predicted octanol–water partition coefficient (Wildman–Crippen LogP) is 0.922. The highest BCUT2D eigenvalue weighted by molar-refractivity contribution is 5.97. The molecule has 0 aromatic heterocycles. The predicted molar refractivity (Wildman–Crippen MR) is 77.6 cm³/mol. The van der Waals surface area contributed by atoms with Crippen molar-refractivity contribution in [1.29, 1.82) is 0 Å². The fourth-order valence-electron chi connectivity index (χ4n) is 1.67. The first-order valence-electron chi connectivity index (χ1n) is 6.45. The lowest BCUT2D eigenvalue weighted by Crippen LogP contribution is -2.34. The number of nitrogens with two attached hydrogens (primary N) is 1. The second-order valence-electron chi connectivity index (χ2n) is 4.69. The highest BCUT2D eigenvalue weighted by Gasteiger charge is 2.12. The number of rotatable bonds is 6.